The Morgan fingerprint density at radius 1 is 1.36 bits per heavy atom. The molecule has 0 aromatic rings. The maximum Gasteiger partial charge on any atom is 0.0174 e. The Hall–Kier alpha value is -0.560. The molecule has 0 atom stereocenters. The summed E-state index contributed by atoms with van der Waals surface area (Å²) in [5.74, 6) is 0. The minimum absolute atomic E-state index is 0.658. The van der Waals surface area contributed by atoms with Crippen LogP contribution in [0.1, 0.15) is 33.6 Å². The Labute approximate surface area is 70.0 Å². The van der Waals surface area contributed by atoms with Crippen molar-refractivity contribution in [2.24, 2.45) is 5.73 Å². The van der Waals surface area contributed by atoms with Crippen LogP contribution >= 0.6 is 0 Å². The number of hydrogen-bond acceptors (Lipinski definition) is 1. The van der Waals surface area contributed by atoms with Crippen molar-refractivity contribution in [2.45, 2.75) is 33.6 Å². The molecule has 11 heavy (non-hydrogen) atoms. The second kappa shape index (κ2) is 6.17. The van der Waals surface area contributed by atoms with Crippen LogP contribution in [0.5, 0.6) is 0 Å². The molecule has 1 heteroatoms. The van der Waals surface area contributed by atoms with Crippen LogP contribution in [0, 0.1) is 0 Å². The van der Waals surface area contributed by atoms with Gasteiger partial charge in [-0.15, -0.1) is 0 Å². The molecule has 0 aromatic heterocycles. The van der Waals surface area contributed by atoms with Gasteiger partial charge < -0.3 is 5.73 Å². The number of hydrogen-bond donors (Lipinski definition) is 1. The molecule has 0 aliphatic carbocycles. The van der Waals surface area contributed by atoms with Crippen molar-refractivity contribution in [3.8, 4) is 0 Å². The van der Waals surface area contributed by atoms with Crippen LogP contribution in [-0.4, -0.2) is 6.54 Å². The quantitative estimate of drug-likeness (QED) is 0.617. The zero-order chi connectivity index (χ0) is 8.69. The monoisotopic (exact) mass is 153 g/mol. The van der Waals surface area contributed by atoms with Gasteiger partial charge in [0.1, 0.15) is 0 Å². The van der Waals surface area contributed by atoms with E-state index < -0.39 is 0 Å². The van der Waals surface area contributed by atoms with E-state index in [2.05, 4.69) is 32.9 Å². The lowest BCUT2D eigenvalue weighted by Gasteiger charge is -1.99. The highest BCUT2D eigenvalue weighted by atomic mass is 14.5. The van der Waals surface area contributed by atoms with Crippen LogP contribution in [0.4, 0.5) is 0 Å². The van der Waals surface area contributed by atoms with E-state index >= 15 is 0 Å². The standard InChI is InChI=1S/C10H19N/c1-4-6-10(8-11)7-9(3)5-2/h6-7H,4-5,8,11H2,1-3H3/b9-7+,10-6+. The molecule has 0 saturated heterocycles. The third-order valence-corrected chi connectivity index (χ3v) is 1.69. The highest BCUT2D eigenvalue weighted by Crippen LogP contribution is 2.04. The molecule has 0 rings (SSSR count). The molecule has 0 heterocycles. The Bertz CT molecular complexity index is 154. The molecule has 1 nitrogen and oxygen atoms in total. The first-order chi connectivity index (χ1) is 5.24. The second-order valence-electron chi connectivity index (χ2n) is 2.74. The summed E-state index contributed by atoms with van der Waals surface area (Å²) in [7, 11) is 0. The summed E-state index contributed by atoms with van der Waals surface area (Å²) < 4.78 is 0. The molecule has 0 aliphatic rings. The van der Waals surface area contributed by atoms with Crippen molar-refractivity contribution < 1.29 is 0 Å². The minimum Gasteiger partial charge on any atom is -0.327 e. The molecule has 0 spiro atoms. The van der Waals surface area contributed by atoms with Gasteiger partial charge in [0.05, 0.1) is 0 Å². The van der Waals surface area contributed by atoms with Gasteiger partial charge in [0, 0.05) is 6.54 Å². The summed E-state index contributed by atoms with van der Waals surface area (Å²) in [6, 6.07) is 0. The topological polar surface area (TPSA) is 26.0 Å². The predicted molar refractivity (Wildman–Crippen MR) is 51.5 cm³/mol. The van der Waals surface area contributed by atoms with Crippen molar-refractivity contribution >= 4 is 0 Å². The largest absolute Gasteiger partial charge is 0.327 e. The highest BCUT2D eigenvalue weighted by molar-refractivity contribution is 5.23. The smallest absolute Gasteiger partial charge is 0.0174 e. The Balaban J connectivity index is 4.17. The van der Waals surface area contributed by atoms with Gasteiger partial charge in [0.15, 0.2) is 0 Å². The zero-order valence-corrected chi connectivity index (χ0v) is 7.85. The Morgan fingerprint density at radius 3 is 2.36 bits per heavy atom. The van der Waals surface area contributed by atoms with Gasteiger partial charge in [-0.2, -0.15) is 0 Å². The number of allylic oxidation sites excluding steroid dienone is 2. The summed E-state index contributed by atoms with van der Waals surface area (Å²) in [5.41, 5.74) is 8.20. The van der Waals surface area contributed by atoms with Crippen LogP contribution in [0.2, 0.25) is 0 Å². The fourth-order valence-corrected chi connectivity index (χ4v) is 0.882. The van der Waals surface area contributed by atoms with E-state index in [1.165, 1.54) is 11.1 Å². The minimum atomic E-state index is 0.658. The van der Waals surface area contributed by atoms with Gasteiger partial charge in [-0.3, -0.25) is 0 Å². The van der Waals surface area contributed by atoms with E-state index in [1.807, 2.05) is 0 Å². The molecule has 0 saturated carbocycles. The SMILES string of the molecule is CC/C=C(\C=C(/C)CC)CN. The van der Waals surface area contributed by atoms with Gasteiger partial charge in [-0.25, -0.2) is 0 Å². The molecule has 0 amide bonds. The van der Waals surface area contributed by atoms with E-state index in [1.54, 1.807) is 0 Å². The predicted octanol–water partition coefficient (Wildman–Crippen LogP) is 2.64. The number of rotatable bonds is 4. The molecule has 0 radical (unpaired) electrons. The maximum absolute atomic E-state index is 5.55. The third kappa shape index (κ3) is 4.79. The van der Waals surface area contributed by atoms with E-state index in [0.29, 0.717) is 6.54 Å². The lowest BCUT2D eigenvalue weighted by molar-refractivity contribution is 1.07. The molecule has 64 valence electrons. The van der Waals surface area contributed by atoms with Crippen LogP contribution < -0.4 is 5.73 Å². The molecule has 0 aliphatic heterocycles. The van der Waals surface area contributed by atoms with Crippen molar-refractivity contribution in [3.05, 3.63) is 23.3 Å². The van der Waals surface area contributed by atoms with Crippen molar-refractivity contribution in [1.29, 1.82) is 0 Å². The normalized spacial score (nSPS) is 13.8. The van der Waals surface area contributed by atoms with Crippen LogP contribution in [-0.2, 0) is 0 Å². The summed E-state index contributed by atoms with van der Waals surface area (Å²) in [6.45, 7) is 7.08. The Morgan fingerprint density at radius 2 is 2.00 bits per heavy atom. The fourth-order valence-electron chi connectivity index (χ4n) is 0.882. The average molecular weight is 153 g/mol. The molecule has 0 fully saturated rings. The highest BCUT2D eigenvalue weighted by Gasteiger charge is 1.89. The van der Waals surface area contributed by atoms with E-state index in [4.69, 9.17) is 5.73 Å². The van der Waals surface area contributed by atoms with Gasteiger partial charge >= 0.3 is 0 Å². The van der Waals surface area contributed by atoms with E-state index in [0.717, 1.165) is 12.8 Å². The van der Waals surface area contributed by atoms with Crippen molar-refractivity contribution in [1.82, 2.24) is 0 Å². The van der Waals surface area contributed by atoms with E-state index in [-0.39, 0.29) is 0 Å². The molecule has 0 unspecified atom stereocenters. The van der Waals surface area contributed by atoms with Gasteiger partial charge in [0.2, 0.25) is 0 Å². The second-order valence-corrected chi connectivity index (χ2v) is 2.74. The van der Waals surface area contributed by atoms with Crippen molar-refractivity contribution in [2.75, 3.05) is 6.54 Å². The molecular weight excluding hydrogens is 134 g/mol. The van der Waals surface area contributed by atoms with Gasteiger partial charge in [-0.05, 0) is 25.3 Å². The lowest BCUT2D eigenvalue weighted by atomic mass is 10.1. The maximum atomic E-state index is 5.55. The first kappa shape index (κ1) is 10.4. The zero-order valence-electron chi connectivity index (χ0n) is 7.85. The first-order valence-corrected chi connectivity index (χ1v) is 4.30. The van der Waals surface area contributed by atoms with Crippen LogP contribution in [0.25, 0.3) is 0 Å². The van der Waals surface area contributed by atoms with Crippen molar-refractivity contribution in [3.63, 3.8) is 0 Å². The third-order valence-electron chi connectivity index (χ3n) is 1.69. The van der Waals surface area contributed by atoms with E-state index in [9.17, 15) is 0 Å². The number of nitrogens with two attached hydrogens (primary N) is 1. The van der Waals surface area contributed by atoms with Gasteiger partial charge in [0.25, 0.3) is 0 Å². The van der Waals surface area contributed by atoms with Crippen LogP contribution in [0.15, 0.2) is 23.3 Å². The summed E-state index contributed by atoms with van der Waals surface area (Å²) in [4.78, 5) is 0. The van der Waals surface area contributed by atoms with Crippen LogP contribution in [0.3, 0.4) is 0 Å². The molecular formula is C10H19N. The van der Waals surface area contributed by atoms with Gasteiger partial charge in [-0.1, -0.05) is 31.6 Å². The summed E-state index contributed by atoms with van der Waals surface area (Å²) in [6.07, 6.45) is 6.55. The molecule has 2 N–H and O–H groups in total. The molecule has 0 bridgehead atoms. The molecule has 0 aromatic carbocycles. The summed E-state index contributed by atoms with van der Waals surface area (Å²) in [5, 5.41) is 0. The average Bonchev–Trinajstić information content (AvgIpc) is 2.03. The Kier molecular flexibility index (Phi) is 5.86. The first-order valence-electron chi connectivity index (χ1n) is 4.30. The lowest BCUT2D eigenvalue weighted by Crippen LogP contribution is -2.01. The summed E-state index contributed by atoms with van der Waals surface area (Å²) >= 11 is 0. The fraction of sp³-hybridized carbons (Fsp3) is 0.600.